The van der Waals surface area contributed by atoms with E-state index in [2.05, 4.69) is 29.1 Å². The highest BCUT2D eigenvalue weighted by atomic mass is 16.1. The summed E-state index contributed by atoms with van der Waals surface area (Å²) in [6, 6.07) is 21.0. The first-order valence-electron chi connectivity index (χ1n) is 10.7. The Labute approximate surface area is 185 Å². The molecule has 0 unspecified atom stereocenters. The lowest BCUT2D eigenvalue weighted by Gasteiger charge is -2.21. The number of amides is 1. The molecule has 32 heavy (non-hydrogen) atoms. The Balaban J connectivity index is 1.56. The van der Waals surface area contributed by atoms with E-state index in [4.69, 9.17) is 9.97 Å². The van der Waals surface area contributed by atoms with Gasteiger partial charge in [-0.05, 0) is 42.3 Å². The summed E-state index contributed by atoms with van der Waals surface area (Å²) in [5.41, 5.74) is 4.77. The molecule has 158 valence electrons. The van der Waals surface area contributed by atoms with Crippen LogP contribution >= 0.6 is 0 Å². The van der Waals surface area contributed by atoms with Gasteiger partial charge in [-0.25, -0.2) is 9.97 Å². The van der Waals surface area contributed by atoms with Crippen LogP contribution < -0.4 is 5.32 Å². The van der Waals surface area contributed by atoms with Crippen LogP contribution in [-0.2, 0) is 0 Å². The number of aromatic amines is 1. The van der Waals surface area contributed by atoms with Gasteiger partial charge in [0.25, 0.3) is 5.91 Å². The Hall–Kier alpha value is -4.06. The van der Waals surface area contributed by atoms with E-state index in [9.17, 15) is 4.79 Å². The van der Waals surface area contributed by atoms with Crippen LogP contribution in [-0.4, -0.2) is 25.8 Å². The van der Waals surface area contributed by atoms with Gasteiger partial charge in [-0.15, -0.1) is 0 Å². The minimum Gasteiger partial charge on any atom is -0.342 e. The van der Waals surface area contributed by atoms with E-state index in [-0.39, 0.29) is 17.9 Å². The number of para-hydroxylation sites is 3. The minimum absolute atomic E-state index is 0.144. The number of hydrogen-bond donors (Lipinski definition) is 2. The number of rotatable bonds is 5. The number of hydrogen-bond acceptors (Lipinski definition) is 4. The zero-order valence-electron chi connectivity index (χ0n) is 17.9. The fraction of sp³-hybridized carbons (Fsp3) is 0.154. The van der Waals surface area contributed by atoms with Gasteiger partial charge >= 0.3 is 0 Å². The van der Waals surface area contributed by atoms with Crippen LogP contribution in [0.4, 0.5) is 0 Å². The van der Waals surface area contributed by atoms with E-state index in [1.54, 1.807) is 12.4 Å². The molecule has 0 radical (unpaired) electrons. The molecule has 1 amide bonds. The van der Waals surface area contributed by atoms with Gasteiger partial charge in [0.2, 0.25) is 0 Å². The highest BCUT2D eigenvalue weighted by Crippen LogP contribution is 2.27. The van der Waals surface area contributed by atoms with Crippen LogP contribution in [0, 0.1) is 5.92 Å². The molecule has 0 spiro atoms. The third kappa shape index (κ3) is 3.71. The predicted octanol–water partition coefficient (Wildman–Crippen LogP) is 5.30. The number of benzene rings is 2. The maximum atomic E-state index is 13.5. The van der Waals surface area contributed by atoms with Crippen LogP contribution in [0.3, 0.4) is 0 Å². The number of nitrogens with one attached hydrogen (secondary N) is 2. The van der Waals surface area contributed by atoms with Crippen molar-refractivity contribution < 1.29 is 4.79 Å². The summed E-state index contributed by atoms with van der Waals surface area (Å²) in [6.07, 6.45) is 3.48. The smallest absolute Gasteiger partial charge is 0.252 e. The number of carbonyl (C=O) groups is 1. The molecule has 0 fully saturated rings. The van der Waals surface area contributed by atoms with Crippen LogP contribution in [0.25, 0.3) is 33.2 Å². The zero-order valence-corrected chi connectivity index (χ0v) is 17.9. The molecule has 0 aliphatic heterocycles. The summed E-state index contributed by atoms with van der Waals surface area (Å²) >= 11 is 0. The third-order valence-corrected chi connectivity index (χ3v) is 5.57. The molecule has 0 bridgehead atoms. The van der Waals surface area contributed by atoms with E-state index < -0.39 is 0 Å². The first-order chi connectivity index (χ1) is 15.6. The van der Waals surface area contributed by atoms with Crippen molar-refractivity contribution in [3.8, 4) is 11.3 Å². The van der Waals surface area contributed by atoms with Gasteiger partial charge < -0.3 is 10.3 Å². The number of fused-ring (bicyclic) bond motifs is 2. The normalized spacial score (nSPS) is 12.3. The van der Waals surface area contributed by atoms with Gasteiger partial charge in [0.05, 0.1) is 33.8 Å². The summed E-state index contributed by atoms with van der Waals surface area (Å²) in [6.45, 7) is 4.15. The molecule has 6 heteroatoms. The molecule has 0 aliphatic rings. The molecular weight excluding hydrogens is 398 g/mol. The van der Waals surface area contributed by atoms with Crippen LogP contribution in [0.5, 0.6) is 0 Å². The summed E-state index contributed by atoms with van der Waals surface area (Å²) < 4.78 is 0. The van der Waals surface area contributed by atoms with Crippen molar-refractivity contribution in [2.24, 2.45) is 5.92 Å². The monoisotopic (exact) mass is 421 g/mol. The summed E-state index contributed by atoms with van der Waals surface area (Å²) in [5.74, 6) is 0.735. The van der Waals surface area contributed by atoms with Crippen LogP contribution in [0.1, 0.15) is 36.1 Å². The summed E-state index contributed by atoms with van der Waals surface area (Å²) in [7, 11) is 0. The molecule has 2 N–H and O–H groups in total. The molecule has 0 aliphatic carbocycles. The molecule has 2 aromatic carbocycles. The Kier molecular flexibility index (Phi) is 5.11. The zero-order chi connectivity index (χ0) is 22.1. The highest BCUT2D eigenvalue weighted by Gasteiger charge is 2.24. The van der Waals surface area contributed by atoms with Gasteiger partial charge in [-0.2, -0.15) is 0 Å². The largest absolute Gasteiger partial charge is 0.342 e. The van der Waals surface area contributed by atoms with Gasteiger partial charge in [0.15, 0.2) is 0 Å². The summed E-state index contributed by atoms with van der Waals surface area (Å²) in [4.78, 5) is 30.6. The lowest BCUT2D eigenvalue weighted by atomic mass is 10.0. The number of carbonyl (C=O) groups excluding carboxylic acids is 1. The van der Waals surface area contributed by atoms with E-state index in [0.29, 0.717) is 11.3 Å². The fourth-order valence-corrected chi connectivity index (χ4v) is 3.91. The number of nitrogens with zero attached hydrogens (tertiary/aromatic N) is 3. The number of pyridine rings is 2. The summed E-state index contributed by atoms with van der Waals surface area (Å²) in [5, 5.41) is 4.01. The molecule has 3 heterocycles. The van der Waals surface area contributed by atoms with Gasteiger partial charge in [-0.1, -0.05) is 44.2 Å². The topological polar surface area (TPSA) is 83.6 Å². The van der Waals surface area contributed by atoms with Crippen molar-refractivity contribution in [1.82, 2.24) is 25.3 Å². The van der Waals surface area contributed by atoms with Crippen LogP contribution in [0.15, 0.2) is 79.1 Å². The number of imidazole rings is 1. The Morgan fingerprint density at radius 1 is 0.938 bits per heavy atom. The standard InChI is InChI=1S/C26H23N5O/c1-16(2)24(25-29-21-11-5-6-12-22(21)30-25)31-26(32)19-14-23(17-8-7-13-27-15-17)28-20-10-4-3-9-18(19)20/h3-16,24H,1-2H3,(H,29,30)(H,31,32)/t24-/m1/s1. The van der Waals surface area contributed by atoms with E-state index in [1.807, 2.05) is 66.7 Å². The average molecular weight is 422 g/mol. The lowest BCUT2D eigenvalue weighted by molar-refractivity contribution is 0.0925. The van der Waals surface area contributed by atoms with Crippen molar-refractivity contribution >= 4 is 27.8 Å². The highest BCUT2D eigenvalue weighted by molar-refractivity contribution is 6.07. The Morgan fingerprint density at radius 2 is 1.72 bits per heavy atom. The van der Waals surface area contributed by atoms with Gasteiger partial charge in [0, 0.05) is 23.3 Å². The van der Waals surface area contributed by atoms with E-state index in [1.165, 1.54) is 0 Å². The third-order valence-electron chi connectivity index (χ3n) is 5.57. The Morgan fingerprint density at radius 3 is 2.47 bits per heavy atom. The van der Waals surface area contributed by atoms with Gasteiger partial charge in [0.1, 0.15) is 5.82 Å². The van der Waals surface area contributed by atoms with Crippen molar-refractivity contribution in [2.45, 2.75) is 19.9 Å². The molecule has 5 rings (SSSR count). The number of aromatic nitrogens is 4. The fourth-order valence-electron chi connectivity index (χ4n) is 3.91. The van der Waals surface area contributed by atoms with Crippen molar-refractivity contribution in [3.63, 3.8) is 0 Å². The SMILES string of the molecule is CC(C)[C@@H](NC(=O)c1cc(-c2cccnc2)nc2ccccc12)c1nc2ccccc2[nH]1. The first-order valence-corrected chi connectivity index (χ1v) is 10.7. The second kappa shape index (κ2) is 8.23. The predicted molar refractivity (Wildman–Crippen MR) is 126 cm³/mol. The van der Waals surface area contributed by atoms with Gasteiger partial charge in [-0.3, -0.25) is 9.78 Å². The molecule has 3 aromatic heterocycles. The van der Waals surface area contributed by atoms with E-state index in [0.717, 1.165) is 33.3 Å². The first kappa shape index (κ1) is 19.9. The molecule has 1 atom stereocenters. The molecule has 0 saturated heterocycles. The maximum absolute atomic E-state index is 13.5. The second-order valence-electron chi connectivity index (χ2n) is 8.15. The minimum atomic E-state index is -0.260. The quantitative estimate of drug-likeness (QED) is 0.403. The molecule has 5 aromatic rings. The molecule has 0 saturated carbocycles. The molecular formula is C26H23N5O. The van der Waals surface area contributed by atoms with E-state index >= 15 is 0 Å². The average Bonchev–Trinajstić information content (AvgIpc) is 3.26. The second-order valence-corrected chi connectivity index (χ2v) is 8.15. The Bertz CT molecular complexity index is 1370. The van der Waals surface area contributed by atoms with Crippen LogP contribution in [0.2, 0.25) is 0 Å². The molecule has 6 nitrogen and oxygen atoms in total. The van der Waals surface area contributed by atoms with Crippen molar-refractivity contribution in [1.29, 1.82) is 0 Å². The lowest BCUT2D eigenvalue weighted by Crippen LogP contribution is -2.32. The van der Waals surface area contributed by atoms with Crippen molar-refractivity contribution in [2.75, 3.05) is 0 Å². The maximum Gasteiger partial charge on any atom is 0.252 e. The number of H-pyrrole nitrogens is 1. The van der Waals surface area contributed by atoms with Crippen molar-refractivity contribution in [3.05, 3.63) is 90.5 Å².